The summed E-state index contributed by atoms with van der Waals surface area (Å²) in [6.45, 7) is 0. The van der Waals surface area contributed by atoms with Crippen molar-refractivity contribution in [3.05, 3.63) is 97.6 Å². The molecule has 21 heteroatoms. The monoisotopic (exact) mass is 932 g/mol. The van der Waals surface area contributed by atoms with Crippen LogP contribution >= 0.6 is 35.3 Å². The van der Waals surface area contributed by atoms with E-state index in [0.717, 1.165) is 78.9 Å². The average Bonchev–Trinajstić information content (AvgIpc) is 3.15. The third kappa shape index (κ3) is 21.8. The van der Waals surface area contributed by atoms with Crippen LogP contribution in [0.4, 0.5) is 0 Å². The van der Waals surface area contributed by atoms with E-state index >= 15 is 0 Å². The van der Waals surface area contributed by atoms with Crippen LogP contribution in [0.3, 0.4) is 0 Å². The van der Waals surface area contributed by atoms with Crippen molar-refractivity contribution in [1.29, 1.82) is 0 Å². The summed E-state index contributed by atoms with van der Waals surface area (Å²) in [6.07, 6.45) is 7.21. The van der Waals surface area contributed by atoms with Gasteiger partial charge in [0.25, 0.3) is 0 Å². The van der Waals surface area contributed by atoms with E-state index < -0.39 is 35.8 Å². The summed E-state index contributed by atoms with van der Waals surface area (Å²) in [5.41, 5.74) is 3.91. The zero-order valence-corrected chi connectivity index (χ0v) is 33.4. The van der Waals surface area contributed by atoms with E-state index in [0.29, 0.717) is 0 Å². The number of rotatable bonds is 12. The van der Waals surface area contributed by atoms with E-state index in [1.165, 1.54) is 0 Å². The molecule has 4 aromatic heterocycles. The van der Waals surface area contributed by atoms with Crippen LogP contribution < -0.4 is 20.4 Å². The number of carboxylic acid groups (broad SMARTS) is 6. The molecule has 0 aliphatic carbocycles. The predicted octanol–water partition coefficient (Wildman–Crippen LogP) is -0.111. The van der Waals surface area contributed by atoms with E-state index in [9.17, 15) is 49.2 Å². The largest absolute Gasteiger partial charge is 2.00 e. The number of benzene rings is 2. The molecule has 2 N–H and O–H groups in total. The van der Waals surface area contributed by atoms with Gasteiger partial charge in [0.2, 0.25) is 0 Å². The fraction of sp³-hybridized carbons (Fsp3) is 0.167. The molecule has 2 radical (unpaired) electrons. The van der Waals surface area contributed by atoms with Crippen molar-refractivity contribution in [2.24, 2.45) is 0 Å². The summed E-state index contributed by atoms with van der Waals surface area (Å²) in [7, 11) is 0. The van der Waals surface area contributed by atoms with E-state index in [-0.39, 0.29) is 68.7 Å². The Morgan fingerprint density at radius 1 is 0.404 bits per heavy atom. The van der Waals surface area contributed by atoms with Gasteiger partial charge in [-0.1, -0.05) is 48.5 Å². The van der Waals surface area contributed by atoms with Crippen molar-refractivity contribution < 1.29 is 93.5 Å². The molecule has 0 aliphatic heterocycles. The maximum atomic E-state index is 9.77. The number of nitrogens with zero attached hydrogens (tertiary/aromatic N) is 4. The number of hydrogen-bond acceptors (Lipinski definition) is 17. The minimum absolute atomic E-state index is 0. The van der Waals surface area contributed by atoms with Gasteiger partial charge in [0.15, 0.2) is 0 Å². The van der Waals surface area contributed by atoms with Gasteiger partial charge in [0.1, 0.15) is 0 Å². The van der Waals surface area contributed by atoms with Gasteiger partial charge >= 0.3 is 46.1 Å². The van der Waals surface area contributed by atoms with Crippen LogP contribution in [0.1, 0.15) is 0 Å². The number of carbonyl (C=O) groups is 6. The summed E-state index contributed by atoms with van der Waals surface area (Å²) in [6, 6.07) is 24.3. The van der Waals surface area contributed by atoms with Crippen LogP contribution in [0, 0.1) is 0 Å². The van der Waals surface area contributed by atoms with E-state index in [2.05, 4.69) is 68.5 Å². The summed E-state index contributed by atoms with van der Waals surface area (Å²) in [4.78, 5) is 75.5. The molecular weight excluding hydrogens is 904 g/mol. The molecule has 0 saturated carbocycles. The first-order valence-corrected chi connectivity index (χ1v) is 18.9. The number of pyridine rings is 4. The zero-order chi connectivity index (χ0) is 40.6. The summed E-state index contributed by atoms with van der Waals surface area (Å²) in [5, 5.41) is 59.1. The quantitative estimate of drug-likeness (QED) is 0.120. The molecule has 16 nitrogen and oxygen atoms in total. The molecular formula is C36H30Cu2N4O12S3. The molecule has 2 aromatic carbocycles. The molecule has 0 fully saturated rings. The first-order chi connectivity index (χ1) is 26.3. The molecule has 0 unspecified atom stereocenters. The van der Waals surface area contributed by atoms with E-state index in [4.69, 9.17) is 10.2 Å². The van der Waals surface area contributed by atoms with Crippen molar-refractivity contribution in [2.75, 3.05) is 34.5 Å². The molecule has 306 valence electrons. The number of carboxylic acids is 6. The fourth-order valence-electron chi connectivity index (χ4n) is 4.02. The Morgan fingerprint density at radius 3 is 0.807 bits per heavy atom. The topological polar surface area (TPSA) is 287 Å². The molecule has 6 rings (SSSR count). The smallest absolute Gasteiger partial charge is 0.549 e. The minimum atomic E-state index is -1.26. The molecule has 0 aliphatic rings. The van der Waals surface area contributed by atoms with Crippen molar-refractivity contribution in [1.82, 2.24) is 19.9 Å². The first kappa shape index (κ1) is 52.0. The number of fused-ring (bicyclic) bond motifs is 6. The van der Waals surface area contributed by atoms with E-state index in [1.54, 1.807) is 24.8 Å². The number of aromatic nitrogens is 4. The summed E-state index contributed by atoms with van der Waals surface area (Å²) >= 11 is 2.36. The van der Waals surface area contributed by atoms with Crippen LogP contribution in [0.5, 0.6) is 0 Å². The molecule has 6 aromatic rings. The Hall–Kier alpha value is -5.01. The van der Waals surface area contributed by atoms with Gasteiger partial charge in [0.05, 0.1) is 57.4 Å². The number of thioether (sulfide) groups is 3. The summed E-state index contributed by atoms with van der Waals surface area (Å²) < 4.78 is 0. The maximum Gasteiger partial charge on any atom is 2.00 e. The third-order valence-corrected chi connectivity index (χ3v) is 8.68. The Bertz CT molecular complexity index is 1900. The third-order valence-electron chi connectivity index (χ3n) is 6.02. The number of hydrogen-bond donors (Lipinski definition) is 2. The standard InChI is InChI=1S/2C12H8N2.3C4H6O4S.2Cu/c2*1-3-9-5-6-10-4-2-8-14-12(10)11(9)13-7-1;3*5-3(6)1-9-2-4(7)8;;/h2*1-8H;3*1-2H2,(H,5,6)(H,7,8);;/q;;;;;2*+2/p-4. The number of aliphatic carboxylic acids is 6. The molecule has 0 amide bonds. The van der Waals surface area contributed by atoms with Gasteiger partial charge in [-0.3, -0.25) is 29.5 Å². The van der Waals surface area contributed by atoms with Gasteiger partial charge in [-0.15, -0.1) is 35.3 Å². The first-order valence-electron chi connectivity index (χ1n) is 15.4. The molecule has 0 atom stereocenters. The van der Waals surface area contributed by atoms with Crippen molar-refractivity contribution >= 4 is 115 Å². The van der Waals surface area contributed by atoms with Crippen molar-refractivity contribution in [3.8, 4) is 0 Å². The molecule has 4 heterocycles. The van der Waals surface area contributed by atoms with Gasteiger partial charge < -0.3 is 49.8 Å². The molecule has 0 saturated heterocycles. The normalized spacial score (nSPS) is 9.54. The van der Waals surface area contributed by atoms with Crippen molar-refractivity contribution in [2.45, 2.75) is 0 Å². The van der Waals surface area contributed by atoms with Gasteiger partial charge in [-0.2, -0.15) is 0 Å². The Morgan fingerprint density at radius 2 is 0.614 bits per heavy atom. The van der Waals surface area contributed by atoms with Gasteiger partial charge in [-0.05, 0) is 24.3 Å². The van der Waals surface area contributed by atoms with Crippen molar-refractivity contribution in [3.63, 3.8) is 0 Å². The fourth-order valence-corrected chi connectivity index (χ4v) is 5.34. The molecule has 0 bridgehead atoms. The van der Waals surface area contributed by atoms with Crippen LogP contribution in [0.25, 0.3) is 43.6 Å². The zero-order valence-electron chi connectivity index (χ0n) is 29.1. The molecule has 57 heavy (non-hydrogen) atoms. The summed E-state index contributed by atoms with van der Waals surface area (Å²) in [5.74, 6) is -8.50. The second-order valence-corrected chi connectivity index (χ2v) is 13.1. The van der Waals surface area contributed by atoms with Gasteiger partial charge in [0, 0.05) is 69.3 Å². The second-order valence-electron chi connectivity index (χ2n) is 10.2. The van der Waals surface area contributed by atoms with E-state index in [1.807, 2.05) is 24.3 Å². The van der Waals surface area contributed by atoms with Crippen LogP contribution in [-0.4, -0.2) is 100 Å². The van der Waals surface area contributed by atoms with Crippen LogP contribution in [-0.2, 0) is 62.9 Å². The Labute approximate surface area is 358 Å². The van der Waals surface area contributed by atoms with Crippen LogP contribution in [0.15, 0.2) is 97.6 Å². The second kappa shape index (κ2) is 29.3. The SMILES string of the molecule is O=C(O)CSCC(=O)O.O=C([O-])CSCC(=O)[O-].O=C([O-])CSCC(=O)[O-].[Cu+2].[Cu+2].c1cnc2c(c1)ccc1cccnc12.c1cnc2c(c1)ccc1cccnc12. The number of carbonyl (C=O) groups excluding carboxylic acids is 4. The Kier molecular flexibility index (Phi) is 26.7. The average molecular weight is 934 g/mol. The van der Waals surface area contributed by atoms with Crippen LogP contribution in [0.2, 0.25) is 0 Å². The minimum Gasteiger partial charge on any atom is -0.549 e. The maximum absolute atomic E-state index is 9.77. The molecule has 0 spiro atoms. The van der Waals surface area contributed by atoms with Gasteiger partial charge in [-0.25, -0.2) is 0 Å². The Balaban J connectivity index is 0.000000697. The predicted molar refractivity (Wildman–Crippen MR) is 201 cm³/mol.